The molecular formula is C14H20FNO3S. The molecule has 1 aromatic carbocycles. The lowest BCUT2D eigenvalue weighted by Gasteiger charge is -2.14. The van der Waals surface area contributed by atoms with Gasteiger partial charge in [-0.1, -0.05) is 13.8 Å². The lowest BCUT2D eigenvalue weighted by molar-refractivity contribution is -0.113. The van der Waals surface area contributed by atoms with E-state index in [0.29, 0.717) is 5.57 Å². The van der Waals surface area contributed by atoms with Gasteiger partial charge in [-0.2, -0.15) is 0 Å². The largest absolute Gasteiger partial charge is 0.398 e. The molecule has 2 N–H and O–H groups in total. The molecule has 0 amide bonds. The third kappa shape index (κ3) is 3.45. The molecule has 1 aromatic rings. The van der Waals surface area contributed by atoms with Crippen LogP contribution in [0.3, 0.4) is 0 Å². The summed E-state index contributed by atoms with van der Waals surface area (Å²) in [6.07, 6.45) is 0.996. The second-order valence-electron chi connectivity index (χ2n) is 4.95. The third-order valence-electron chi connectivity index (χ3n) is 2.91. The Kier molecular flexibility index (Phi) is 4.70. The first-order valence-corrected chi connectivity index (χ1v) is 7.95. The summed E-state index contributed by atoms with van der Waals surface area (Å²) in [5.74, 6) is -1.14. The van der Waals surface area contributed by atoms with Gasteiger partial charge in [-0.25, -0.2) is 12.8 Å². The molecule has 0 saturated carbocycles. The first-order valence-electron chi connectivity index (χ1n) is 6.06. The fourth-order valence-corrected chi connectivity index (χ4v) is 2.63. The Morgan fingerprint density at radius 1 is 1.35 bits per heavy atom. The number of benzene rings is 1. The molecule has 0 bridgehead atoms. The van der Waals surface area contributed by atoms with Gasteiger partial charge in [0.2, 0.25) is 0 Å². The maximum absolute atomic E-state index is 14.0. The first kappa shape index (κ1) is 16.4. The predicted molar refractivity (Wildman–Crippen MR) is 78.3 cm³/mol. The van der Waals surface area contributed by atoms with Crippen molar-refractivity contribution in [1.29, 1.82) is 0 Å². The first-order chi connectivity index (χ1) is 9.05. The summed E-state index contributed by atoms with van der Waals surface area (Å²) in [6, 6.07) is 3.47. The van der Waals surface area contributed by atoms with Crippen LogP contribution < -0.4 is 5.73 Å². The molecule has 6 heteroatoms. The third-order valence-corrected chi connectivity index (χ3v) is 4.02. The number of carbonyl (C=O) groups is 1. The van der Waals surface area contributed by atoms with Crippen molar-refractivity contribution < 1.29 is 19.0 Å². The number of rotatable bonds is 4. The van der Waals surface area contributed by atoms with Crippen LogP contribution in [0.1, 0.15) is 27.8 Å². The van der Waals surface area contributed by atoms with Crippen molar-refractivity contribution in [1.82, 2.24) is 0 Å². The summed E-state index contributed by atoms with van der Waals surface area (Å²) >= 11 is 0. The number of allylic oxidation sites excluding steroid dienone is 1. The fourth-order valence-electron chi connectivity index (χ4n) is 2.00. The maximum atomic E-state index is 14.0. The van der Waals surface area contributed by atoms with Gasteiger partial charge in [0.25, 0.3) is 0 Å². The van der Waals surface area contributed by atoms with Gasteiger partial charge in [-0.3, -0.25) is 4.79 Å². The van der Waals surface area contributed by atoms with Gasteiger partial charge in [0.05, 0.1) is 4.90 Å². The minimum Gasteiger partial charge on any atom is -0.398 e. The highest BCUT2D eigenvalue weighted by Crippen LogP contribution is 2.24. The minimum atomic E-state index is -3.48. The second-order valence-corrected chi connectivity index (χ2v) is 6.97. The predicted octanol–water partition coefficient (Wildman–Crippen LogP) is 2.39. The number of halogens is 1. The summed E-state index contributed by atoms with van der Waals surface area (Å²) in [5.41, 5.74) is 6.28. The van der Waals surface area contributed by atoms with Crippen LogP contribution in [-0.2, 0) is 14.6 Å². The van der Waals surface area contributed by atoms with Crippen LogP contribution >= 0.6 is 0 Å². The molecule has 112 valence electrons. The van der Waals surface area contributed by atoms with Crippen molar-refractivity contribution in [3.05, 3.63) is 35.2 Å². The fraction of sp³-hybridized carbons (Fsp3) is 0.357. The van der Waals surface area contributed by atoms with Gasteiger partial charge in [0.1, 0.15) is 5.82 Å². The van der Waals surface area contributed by atoms with Crippen LogP contribution in [-0.4, -0.2) is 20.5 Å². The summed E-state index contributed by atoms with van der Waals surface area (Å²) in [5, 5.41) is 0. The van der Waals surface area contributed by atoms with Crippen LogP contribution in [0, 0.1) is 11.7 Å². The molecule has 0 radical (unpaired) electrons. The number of Topliss-reactive ketones (excluding diaryl/α,β-unsaturated/α-hetero) is 1. The lowest BCUT2D eigenvalue weighted by atomic mass is 9.94. The molecule has 0 heterocycles. The maximum Gasteiger partial charge on any atom is 0.175 e. The Morgan fingerprint density at radius 2 is 1.90 bits per heavy atom. The molecular weight excluding hydrogens is 281 g/mol. The van der Waals surface area contributed by atoms with E-state index >= 15 is 0 Å². The Bertz CT molecular complexity index is 681. The zero-order valence-corrected chi connectivity index (χ0v) is 12.7. The molecule has 0 aliphatic carbocycles. The van der Waals surface area contributed by atoms with Crippen molar-refractivity contribution in [2.75, 3.05) is 6.26 Å². The Labute approximate surface area is 119 Å². The van der Waals surface area contributed by atoms with Gasteiger partial charge < -0.3 is 5.73 Å². The molecule has 0 aliphatic rings. The van der Waals surface area contributed by atoms with Crippen molar-refractivity contribution in [2.24, 2.45) is 11.7 Å². The van der Waals surface area contributed by atoms with E-state index in [0.717, 1.165) is 12.3 Å². The normalized spacial score (nSPS) is 13.3. The number of nitrogens with two attached hydrogens (primary N) is 1. The topological polar surface area (TPSA) is 77.2 Å². The summed E-state index contributed by atoms with van der Waals surface area (Å²) < 4.78 is 36.7. The van der Waals surface area contributed by atoms with Crippen LogP contribution in [0.25, 0.3) is 5.70 Å². The minimum absolute atomic E-state index is 0. The molecule has 0 aromatic heterocycles. The second kappa shape index (κ2) is 5.75. The van der Waals surface area contributed by atoms with Gasteiger partial charge >= 0.3 is 0 Å². The van der Waals surface area contributed by atoms with Crippen LogP contribution in [0.15, 0.2) is 28.7 Å². The number of hydrogen-bond acceptors (Lipinski definition) is 4. The van der Waals surface area contributed by atoms with Gasteiger partial charge in [0.15, 0.2) is 15.6 Å². The Hall–Kier alpha value is -1.69. The van der Waals surface area contributed by atoms with Crippen LogP contribution in [0.5, 0.6) is 0 Å². The monoisotopic (exact) mass is 301 g/mol. The van der Waals surface area contributed by atoms with Crippen molar-refractivity contribution in [3.63, 3.8) is 0 Å². The number of carbonyl (C=O) groups excluding carboxylic acids is 1. The molecule has 0 fully saturated rings. The quantitative estimate of drug-likeness (QED) is 0.866. The summed E-state index contributed by atoms with van der Waals surface area (Å²) in [7, 11) is -3.48. The number of sulfone groups is 1. The van der Waals surface area contributed by atoms with E-state index in [1.807, 2.05) is 0 Å². The Morgan fingerprint density at radius 3 is 2.25 bits per heavy atom. The van der Waals surface area contributed by atoms with Crippen molar-refractivity contribution in [2.45, 2.75) is 25.7 Å². The van der Waals surface area contributed by atoms with Crippen molar-refractivity contribution in [3.8, 4) is 0 Å². The van der Waals surface area contributed by atoms with E-state index in [4.69, 9.17) is 5.73 Å². The smallest absolute Gasteiger partial charge is 0.175 e. The highest BCUT2D eigenvalue weighted by molar-refractivity contribution is 7.90. The molecule has 20 heavy (non-hydrogen) atoms. The molecule has 0 aliphatic heterocycles. The highest BCUT2D eigenvalue weighted by atomic mass is 32.2. The zero-order chi connectivity index (χ0) is 15.7. The van der Waals surface area contributed by atoms with Crippen LogP contribution in [0.4, 0.5) is 4.39 Å². The standard InChI is InChI=1S/C14H18FNO3S.H2/c1-8(2)13(9(3)17)14(16)11-6-5-10(7-12(11)15)20(4,18)19;/h5-8H,16H2,1-4H3;1H/b14-13-;. The molecule has 0 saturated heterocycles. The van der Waals surface area contributed by atoms with E-state index in [2.05, 4.69) is 0 Å². The zero-order valence-electron chi connectivity index (χ0n) is 11.9. The molecule has 0 unspecified atom stereocenters. The van der Waals surface area contributed by atoms with Crippen molar-refractivity contribution >= 4 is 21.3 Å². The van der Waals surface area contributed by atoms with E-state index < -0.39 is 15.7 Å². The highest BCUT2D eigenvalue weighted by Gasteiger charge is 2.18. The lowest BCUT2D eigenvalue weighted by Crippen LogP contribution is -2.14. The van der Waals surface area contributed by atoms with Gasteiger partial charge in [0, 0.05) is 24.5 Å². The number of ketones is 1. The summed E-state index contributed by atoms with van der Waals surface area (Å²) in [6.45, 7) is 4.93. The van der Waals surface area contributed by atoms with Gasteiger partial charge in [-0.15, -0.1) is 0 Å². The molecule has 0 spiro atoms. The average Bonchev–Trinajstić information content (AvgIpc) is 2.26. The van der Waals surface area contributed by atoms with E-state index in [1.165, 1.54) is 19.1 Å². The SMILES string of the molecule is CC(=O)/C(=C(\N)c1ccc(S(C)(=O)=O)cc1F)C(C)C.[HH]. The van der Waals surface area contributed by atoms with E-state index in [-0.39, 0.29) is 29.3 Å². The Balaban J connectivity index is 0.00000400. The van der Waals surface area contributed by atoms with E-state index in [1.54, 1.807) is 13.8 Å². The average molecular weight is 301 g/mol. The molecule has 4 nitrogen and oxygen atoms in total. The van der Waals surface area contributed by atoms with E-state index in [9.17, 15) is 17.6 Å². The van der Waals surface area contributed by atoms with Gasteiger partial charge in [-0.05, 0) is 31.0 Å². The number of hydrogen-bond donors (Lipinski definition) is 1. The molecule has 1 rings (SSSR count). The van der Waals surface area contributed by atoms with Crippen LogP contribution in [0.2, 0.25) is 0 Å². The summed E-state index contributed by atoms with van der Waals surface area (Å²) in [4.78, 5) is 11.5. The molecule has 0 atom stereocenters.